The van der Waals surface area contributed by atoms with E-state index in [1.54, 1.807) is 24.3 Å². The predicted octanol–water partition coefficient (Wildman–Crippen LogP) is 2.01. The van der Waals surface area contributed by atoms with Crippen LogP contribution < -0.4 is 16.4 Å². The molecule has 25 heavy (non-hydrogen) atoms. The maximum atomic E-state index is 11.5. The topological polar surface area (TPSA) is 102 Å². The van der Waals surface area contributed by atoms with Gasteiger partial charge < -0.3 is 15.3 Å². The minimum absolute atomic E-state index is 0.201. The number of H-pyrrole nitrogens is 2. The second kappa shape index (κ2) is 6.04. The van der Waals surface area contributed by atoms with Gasteiger partial charge in [0, 0.05) is 23.3 Å². The molecule has 0 fully saturated rings. The van der Waals surface area contributed by atoms with Crippen molar-refractivity contribution in [3.05, 3.63) is 92.5 Å². The van der Waals surface area contributed by atoms with Crippen molar-refractivity contribution in [3.8, 4) is 0 Å². The highest BCUT2D eigenvalue weighted by molar-refractivity contribution is 6.26. The number of anilines is 1. The number of fused-ring (bicyclic) bond motifs is 1. The van der Waals surface area contributed by atoms with Crippen LogP contribution in [0.2, 0.25) is 0 Å². The van der Waals surface area contributed by atoms with Crippen molar-refractivity contribution in [2.75, 3.05) is 5.32 Å². The van der Waals surface area contributed by atoms with E-state index in [1.165, 1.54) is 12.1 Å². The first-order valence-electron chi connectivity index (χ1n) is 7.62. The summed E-state index contributed by atoms with van der Waals surface area (Å²) in [6, 6.07) is 17.2. The predicted molar refractivity (Wildman–Crippen MR) is 96.9 cm³/mol. The molecule has 3 aromatic rings. The summed E-state index contributed by atoms with van der Waals surface area (Å²) in [5.74, 6) is 2.03. The molecule has 0 atom stereocenters. The second-order valence-electron chi connectivity index (χ2n) is 5.40. The Bertz CT molecular complexity index is 1120. The summed E-state index contributed by atoms with van der Waals surface area (Å²) in [7, 11) is 0. The van der Waals surface area contributed by atoms with Gasteiger partial charge in [-0.2, -0.15) is 0 Å². The summed E-state index contributed by atoms with van der Waals surface area (Å²) < 4.78 is 0. The van der Waals surface area contributed by atoms with Gasteiger partial charge in [-0.15, -0.1) is 0 Å². The zero-order chi connectivity index (χ0) is 17.2. The number of pyridine rings is 2. The molecule has 0 aliphatic carbocycles. The van der Waals surface area contributed by atoms with Crippen molar-refractivity contribution < 1.29 is 0 Å². The van der Waals surface area contributed by atoms with Gasteiger partial charge in [-0.3, -0.25) is 9.59 Å². The first-order valence-corrected chi connectivity index (χ1v) is 7.62. The second-order valence-corrected chi connectivity index (χ2v) is 5.40. The highest BCUT2D eigenvalue weighted by Crippen LogP contribution is 2.22. The van der Waals surface area contributed by atoms with Gasteiger partial charge in [0.15, 0.2) is 5.84 Å². The molecule has 1 aliphatic rings. The Balaban J connectivity index is 1.77. The van der Waals surface area contributed by atoms with E-state index < -0.39 is 0 Å². The van der Waals surface area contributed by atoms with Gasteiger partial charge in [-0.1, -0.05) is 36.4 Å². The lowest BCUT2D eigenvalue weighted by Crippen LogP contribution is -2.15. The number of nitrogens with zero attached hydrogens (tertiary/aromatic N) is 2. The Morgan fingerprint density at radius 2 is 1.52 bits per heavy atom. The molecule has 3 N–H and O–H groups in total. The van der Waals surface area contributed by atoms with E-state index in [2.05, 4.69) is 25.3 Å². The van der Waals surface area contributed by atoms with Crippen molar-refractivity contribution in [2.24, 2.45) is 9.98 Å². The van der Waals surface area contributed by atoms with E-state index in [-0.39, 0.29) is 11.1 Å². The molecule has 0 radical (unpaired) electrons. The molecule has 0 amide bonds. The minimum Gasteiger partial charge on any atom is -0.326 e. The smallest absolute Gasteiger partial charge is 0.249 e. The van der Waals surface area contributed by atoms with Gasteiger partial charge in [0.1, 0.15) is 17.5 Å². The molecule has 0 unspecified atom stereocenters. The molecule has 7 nitrogen and oxygen atoms in total. The zero-order valence-corrected chi connectivity index (χ0v) is 13.0. The number of nitrogens with one attached hydrogen (secondary N) is 3. The molecule has 2 aromatic heterocycles. The number of amidine groups is 2. The van der Waals surface area contributed by atoms with Crippen LogP contribution in [-0.4, -0.2) is 21.6 Å². The normalized spacial score (nSPS) is 14.2. The van der Waals surface area contributed by atoms with E-state index in [0.717, 1.165) is 11.1 Å². The number of aromatic amines is 2. The third-order valence-electron chi connectivity index (χ3n) is 3.64. The Kier molecular flexibility index (Phi) is 3.59. The lowest BCUT2D eigenvalue weighted by molar-refractivity contribution is 1.20. The van der Waals surface area contributed by atoms with Crippen LogP contribution in [0, 0.1) is 0 Å². The molecule has 7 heteroatoms. The summed E-state index contributed by atoms with van der Waals surface area (Å²) in [6.45, 7) is 0. The number of aliphatic imine (C=N–C) groups is 2. The average Bonchev–Trinajstić information content (AvgIpc) is 2.93. The average molecular weight is 331 g/mol. The van der Waals surface area contributed by atoms with Crippen LogP contribution in [0.25, 0.3) is 0 Å². The van der Waals surface area contributed by atoms with Crippen LogP contribution in [-0.2, 0) is 0 Å². The van der Waals surface area contributed by atoms with E-state index in [9.17, 15) is 9.59 Å². The van der Waals surface area contributed by atoms with E-state index in [1.807, 2.05) is 24.3 Å². The van der Waals surface area contributed by atoms with Crippen molar-refractivity contribution in [1.82, 2.24) is 9.97 Å². The van der Waals surface area contributed by atoms with Crippen LogP contribution in [0.5, 0.6) is 0 Å². The molecule has 4 rings (SSSR count). The van der Waals surface area contributed by atoms with Gasteiger partial charge in [-0.25, -0.2) is 9.98 Å². The van der Waals surface area contributed by atoms with Gasteiger partial charge in [0.25, 0.3) is 0 Å². The maximum absolute atomic E-state index is 11.5. The summed E-state index contributed by atoms with van der Waals surface area (Å²) in [4.78, 5) is 37.2. The number of rotatable bonds is 2. The highest BCUT2D eigenvalue weighted by atomic mass is 16.1. The third kappa shape index (κ3) is 3.02. The summed E-state index contributed by atoms with van der Waals surface area (Å²) >= 11 is 0. The van der Waals surface area contributed by atoms with E-state index >= 15 is 0 Å². The van der Waals surface area contributed by atoms with Crippen molar-refractivity contribution in [2.45, 2.75) is 0 Å². The summed E-state index contributed by atoms with van der Waals surface area (Å²) in [5.41, 5.74) is 1.28. The molecular weight excluding hydrogens is 318 g/mol. The van der Waals surface area contributed by atoms with Gasteiger partial charge in [0.05, 0.1) is 0 Å². The maximum Gasteiger partial charge on any atom is 0.249 e. The highest BCUT2D eigenvalue weighted by Gasteiger charge is 2.21. The fourth-order valence-electron chi connectivity index (χ4n) is 2.56. The summed E-state index contributed by atoms with van der Waals surface area (Å²) in [6.07, 6.45) is 0. The van der Waals surface area contributed by atoms with Crippen LogP contribution in [0.4, 0.5) is 11.6 Å². The number of hydrogen-bond acceptors (Lipinski definition) is 4. The van der Waals surface area contributed by atoms with Crippen LogP contribution in [0.1, 0.15) is 11.1 Å². The first-order chi connectivity index (χ1) is 12.2. The molecule has 0 saturated carbocycles. The Hall–Kier alpha value is -3.74. The molecule has 1 aliphatic heterocycles. The lowest BCUT2D eigenvalue weighted by Gasteiger charge is -2.06. The standard InChI is InChI=1S/C18H13N5O2/c24-15-9-3-7-13(19-15)21-17-11-5-1-2-6-12(11)18(23-17)22-14-8-4-10-16(25)20-14/h1-10H,(H3,19,20,21,22,23,24,25). The SMILES string of the molecule is O=c1cccc(/N=C2/N=C(Nc3cccc(=O)[nH]3)c3ccccc32)[nH]1. The van der Waals surface area contributed by atoms with Crippen LogP contribution in [0.15, 0.2) is 80.2 Å². The molecule has 0 bridgehead atoms. The Morgan fingerprint density at radius 3 is 2.28 bits per heavy atom. The lowest BCUT2D eigenvalue weighted by atomic mass is 10.1. The van der Waals surface area contributed by atoms with Crippen LogP contribution >= 0.6 is 0 Å². The molecule has 0 saturated heterocycles. The number of hydrogen-bond donors (Lipinski definition) is 3. The van der Waals surface area contributed by atoms with E-state index in [4.69, 9.17) is 0 Å². The largest absolute Gasteiger partial charge is 0.326 e. The molecular formula is C18H13N5O2. The zero-order valence-electron chi connectivity index (χ0n) is 13.0. The fourth-order valence-corrected chi connectivity index (χ4v) is 2.56. The van der Waals surface area contributed by atoms with Gasteiger partial charge in [0.2, 0.25) is 11.1 Å². The van der Waals surface area contributed by atoms with Gasteiger partial charge in [-0.05, 0) is 12.1 Å². The fraction of sp³-hybridized carbons (Fsp3) is 0. The van der Waals surface area contributed by atoms with Gasteiger partial charge >= 0.3 is 0 Å². The third-order valence-corrected chi connectivity index (χ3v) is 3.64. The Morgan fingerprint density at radius 1 is 0.800 bits per heavy atom. The molecule has 0 spiro atoms. The minimum atomic E-state index is -0.225. The van der Waals surface area contributed by atoms with Crippen LogP contribution in [0.3, 0.4) is 0 Å². The molecule has 122 valence electrons. The summed E-state index contributed by atoms with van der Waals surface area (Å²) in [5, 5.41) is 3.11. The first kappa shape index (κ1) is 14.8. The monoisotopic (exact) mass is 331 g/mol. The molecule has 1 aromatic carbocycles. The van der Waals surface area contributed by atoms with E-state index in [0.29, 0.717) is 23.3 Å². The number of benzene rings is 1. The number of aromatic nitrogens is 2. The Labute approximate surface area is 141 Å². The molecule has 3 heterocycles. The van der Waals surface area contributed by atoms with Crippen molar-refractivity contribution in [3.63, 3.8) is 0 Å². The quantitative estimate of drug-likeness (QED) is 0.669. The van der Waals surface area contributed by atoms with Crippen molar-refractivity contribution >= 4 is 23.3 Å². The van der Waals surface area contributed by atoms with Crippen molar-refractivity contribution in [1.29, 1.82) is 0 Å².